The van der Waals surface area contributed by atoms with Crippen LogP contribution >= 0.6 is 0 Å². The van der Waals surface area contributed by atoms with E-state index in [1.165, 1.54) is 24.3 Å². The highest BCUT2D eigenvalue weighted by atomic mass is 19.1. The van der Waals surface area contributed by atoms with E-state index in [-0.39, 0.29) is 17.7 Å². The molecule has 5 heteroatoms. The lowest BCUT2D eigenvalue weighted by Gasteiger charge is -2.10. The highest BCUT2D eigenvalue weighted by Gasteiger charge is 2.19. The molecule has 0 atom stereocenters. The molecule has 2 aromatic rings. The number of carbonyl (C=O) groups excluding carboxylic acids is 2. The summed E-state index contributed by atoms with van der Waals surface area (Å²) in [6.45, 7) is 2.36. The third-order valence-corrected chi connectivity index (χ3v) is 3.86. The number of ether oxygens (including phenoxy) is 2. The zero-order chi connectivity index (χ0) is 18.8. The van der Waals surface area contributed by atoms with E-state index in [4.69, 9.17) is 9.47 Å². The topological polar surface area (TPSA) is 52.6 Å². The predicted molar refractivity (Wildman–Crippen MR) is 96.4 cm³/mol. The van der Waals surface area contributed by atoms with E-state index in [0.717, 1.165) is 25.7 Å². The standard InChI is InChI=1S/C21H23FO4/c1-2-3-4-7-13-25-20(23)18-11-5-6-12-19(18)21(24)26-15-16-9-8-10-17(22)14-16/h5-6,8-12,14H,2-4,7,13,15H2,1H3. The van der Waals surface area contributed by atoms with Crippen LogP contribution < -0.4 is 0 Å². The molecule has 4 nitrogen and oxygen atoms in total. The SMILES string of the molecule is CCCCCCOC(=O)c1ccccc1C(=O)OCc1cccc(F)c1. The monoisotopic (exact) mass is 358 g/mol. The summed E-state index contributed by atoms with van der Waals surface area (Å²) in [6, 6.07) is 12.2. The minimum Gasteiger partial charge on any atom is -0.462 e. The zero-order valence-corrected chi connectivity index (χ0v) is 14.9. The predicted octanol–water partition coefficient (Wildman–Crippen LogP) is 4.92. The number of benzene rings is 2. The third-order valence-electron chi connectivity index (χ3n) is 3.86. The Morgan fingerprint density at radius 3 is 2.23 bits per heavy atom. The van der Waals surface area contributed by atoms with Crippen LogP contribution in [-0.2, 0) is 16.1 Å². The van der Waals surface area contributed by atoms with Crippen molar-refractivity contribution in [1.82, 2.24) is 0 Å². The fourth-order valence-electron chi connectivity index (χ4n) is 2.46. The molecule has 2 aromatic carbocycles. The van der Waals surface area contributed by atoms with Gasteiger partial charge in [0.25, 0.3) is 0 Å². The molecule has 0 heterocycles. The molecule has 0 saturated carbocycles. The molecule has 0 radical (unpaired) electrons. The van der Waals surface area contributed by atoms with E-state index in [1.807, 2.05) is 0 Å². The van der Waals surface area contributed by atoms with Crippen LogP contribution in [0.15, 0.2) is 48.5 Å². The Morgan fingerprint density at radius 2 is 1.58 bits per heavy atom. The van der Waals surface area contributed by atoms with Gasteiger partial charge < -0.3 is 9.47 Å². The summed E-state index contributed by atoms with van der Waals surface area (Å²) in [4.78, 5) is 24.6. The van der Waals surface area contributed by atoms with Gasteiger partial charge in [0, 0.05) is 0 Å². The molecule has 0 aliphatic heterocycles. The maximum atomic E-state index is 13.2. The molecule has 0 aliphatic rings. The molecule has 138 valence electrons. The Kier molecular flexibility index (Phi) is 7.80. The molecule has 2 rings (SSSR count). The van der Waals surface area contributed by atoms with Crippen molar-refractivity contribution in [3.63, 3.8) is 0 Å². The molecule has 0 aromatic heterocycles. The molecule has 0 spiro atoms. The summed E-state index contributed by atoms with van der Waals surface area (Å²) in [5.74, 6) is -1.59. The molecular formula is C21H23FO4. The van der Waals surface area contributed by atoms with Crippen molar-refractivity contribution >= 4 is 11.9 Å². The largest absolute Gasteiger partial charge is 0.462 e. The first kappa shape index (κ1) is 19.6. The number of carbonyl (C=O) groups is 2. The van der Waals surface area contributed by atoms with Gasteiger partial charge in [-0.05, 0) is 36.2 Å². The average molecular weight is 358 g/mol. The smallest absolute Gasteiger partial charge is 0.339 e. The summed E-state index contributed by atoms with van der Waals surface area (Å²) < 4.78 is 23.6. The molecule has 26 heavy (non-hydrogen) atoms. The lowest BCUT2D eigenvalue weighted by molar-refractivity contribution is 0.0436. The van der Waals surface area contributed by atoms with Crippen LogP contribution in [0.3, 0.4) is 0 Å². The van der Waals surface area contributed by atoms with Crippen molar-refractivity contribution in [2.24, 2.45) is 0 Å². The number of rotatable bonds is 9. The van der Waals surface area contributed by atoms with Crippen LogP contribution in [0.25, 0.3) is 0 Å². The van der Waals surface area contributed by atoms with Gasteiger partial charge in [0.15, 0.2) is 0 Å². The Morgan fingerprint density at radius 1 is 0.885 bits per heavy atom. The van der Waals surface area contributed by atoms with Gasteiger partial charge >= 0.3 is 11.9 Å². The zero-order valence-electron chi connectivity index (χ0n) is 14.9. The first-order chi connectivity index (χ1) is 12.6. The van der Waals surface area contributed by atoms with Crippen molar-refractivity contribution in [2.75, 3.05) is 6.61 Å². The molecule has 0 saturated heterocycles. The van der Waals surface area contributed by atoms with E-state index in [0.29, 0.717) is 12.2 Å². The van der Waals surface area contributed by atoms with Crippen LogP contribution in [0.4, 0.5) is 4.39 Å². The molecule has 0 N–H and O–H groups in total. The number of hydrogen-bond acceptors (Lipinski definition) is 4. The number of halogens is 1. The van der Waals surface area contributed by atoms with Gasteiger partial charge in [-0.25, -0.2) is 14.0 Å². The second-order valence-electron chi connectivity index (χ2n) is 5.95. The van der Waals surface area contributed by atoms with Gasteiger partial charge in [0.1, 0.15) is 12.4 Å². The van der Waals surface area contributed by atoms with E-state index < -0.39 is 17.8 Å². The third kappa shape index (κ3) is 5.99. The van der Waals surface area contributed by atoms with Crippen molar-refractivity contribution in [1.29, 1.82) is 0 Å². The van der Waals surface area contributed by atoms with Gasteiger partial charge in [0.05, 0.1) is 17.7 Å². The van der Waals surface area contributed by atoms with Crippen molar-refractivity contribution in [2.45, 2.75) is 39.2 Å². The Labute approximate surface area is 152 Å². The van der Waals surface area contributed by atoms with Crippen molar-refractivity contribution in [3.05, 3.63) is 71.0 Å². The van der Waals surface area contributed by atoms with Crippen LogP contribution in [0.5, 0.6) is 0 Å². The van der Waals surface area contributed by atoms with Gasteiger partial charge in [-0.15, -0.1) is 0 Å². The van der Waals surface area contributed by atoms with Crippen molar-refractivity contribution < 1.29 is 23.5 Å². The highest BCUT2D eigenvalue weighted by Crippen LogP contribution is 2.14. The second kappa shape index (κ2) is 10.3. The number of hydrogen-bond donors (Lipinski definition) is 0. The molecule has 0 bridgehead atoms. The van der Waals surface area contributed by atoms with E-state index in [9.17, 15) is 14.0 Å². The maximum absolute atomic E-state index is 13.2. The lowest BCUT2D eigenvalue weighted by atomic mass is 10.1. The first-order valence-electron chi connectivity index (χ1n) is 8.79. The molecule has 0 fully saturated rings. The van der Waals surface area contributed by atoms with Gasteiger partial charge in [-0.3, -0.25) is 0 Å². The summed E-state index contributed by atoms with van der Waals surface area (Å²) in [5, 5.41) is 0. The quantitative estimate of drug-likeness (QED) is 0.472. The van der Waals surface area contributed by atoms with Gasteiger partial charge in [-0.2, -0.15) is 0 Å². The summed E-state index contributed by atoms with van der Waals surface area (Å²) >= 11 is 0. The average Bonchev–Trinajstić information content (AvgIpc) is 2.66. The summed E-state index contributed by atoms with van der Waals surface area (Å²) in [6.07, 6.45) is 4.00. The van der Waals surface area contributed by atoms with E-state index in [1.54, 1.807) is 24.3 Å². The van der Waals surface area contributed by atoms with E-state index in [2.05, 4.69) is 6.92 Å². The first-order valence-corrected chi connectivity index (χ1v) is 8.79. The summed E-state index contributed by atoms with van der Waals surface area (Å²) in [7, 11) is 0. The molecule has 0 aliphatic carbocycles. The molecule has 0 amide bonds. The lowest BCUT2D eigenvalue weighted by Crippen LogP contribution is -2.14. The van der Waals surface area contributed by atoms with Crippen LogP contribution in [0.1, 0.15) is 58.9 Å². The molecule has 0 unspecified atom stereocenters. The van der Waals surface area contributed by atoms with Crippen LogP contribution in [0, 0.1) is 5.82 Å². The Balaban J connectivity index is 1.96. The molecular weight excluding hydrogens is 335 g/mol. The fourth-order valence-corrected chi connectivity index (χ4v) is 2.46. The highest BCUT2D eigenvalue weighted by molar-refractivity contribution is 6.03. The normalized spacial score (nSPS) is 10.4. The Bertz CT molecular complexity index is 742. The maximum Gasteiger partial charge on any atom is 0.339 e. The van der Waals surface area contributed by atoms with Gasteiger partial charge in [-0.1, -0.05) is 50.5 Å². The minimum atomic E-state index is -0.646. The number of unbranched alkanes of at least 4 members (excludes halogenated alkanes) is 3. The van der Waals surface area contributed by atoms with Crippen LogP contribution in [-0.4, -0.2) is 18.5 Å². The van der Waals surface area contributed by atoms with Crippen molar-refractivity contribution in [3.8, 4) is 0 Å². The summed E-state index contributed by atoms with van der Waals surface area (Å²) in [5.41, 5.74) is 0.851. The minimum absolute atomic E-state index is 0.0724. The van der Waals surface area contributed by atoms with Gasteiger partial charge in [0.2, 0.25) is 0 Å². The second-order valence-corrected chi connectivity index (χ2v) is 5.95. The van der Waals surface area contributed by atoms with E-state index >= 15 is 0 Å². The van der Waals surface area contributed by atoms with Crippen LogP contribution in [0.2, 0.25) is 0 Å². The number of esters is 2. The Hall–Kier alpha value is -2.69. The fraction of sp³-hybridized carbons (Fsp3) is 0.333.